The molecule has 9 nitrogen and oxygen atoms in total. The van der Waals surface area contributed by atoms with E-state index in [1.807, 2.05) is 11.8 Å². The molecule has 0 bridgehead atoms. The number of likely N-dealkylation sites (tertiary alicyclic amines) is 2. The van der Waals surface area contributed by atoms with Crippen molar-refractivity contribution >= 4 is 21.8 Å². The summed E-state index contributed by atoms with van der Waals surface area (Å²) in [7, 11) is -3.40. The van der Waals surface area contributed by atoms with Crippen LogP contribution in [0.1, 0.15) is 36.7 Å². The number of sulfonamides is 1. The third kappa shape index (κ3) is 3.13. The number of nitrogens with zero attached hydrogens (tertiary/aromatic N) is 5. The van der Waals surface area contributed by atoms with Gasteiger partial charge in [0.2, 0.25) is 15.9 Å². The molecule has 0 aliphatic carbocycles. The predicted molar refractivity (Wildman–Crippen MR) is 105 cm³/mol. The summed E-state index contributed by atoms with van der Waals surface area (Å²) in [4.78, 5) is 37.7. The number of piperidine rings is 1. The van der Waals surface area contributed by atoms with E-state index in [0.717, 1.165) is 0 Å². The maximum Gasteiger partial charge on any atom is 0.274 e. The summed E-state index contributed by atoms with van der Waals surface area (Å²) < 4.78 is 26.1. The lowest BCUT2D eigenvalue weighted by molar-refractivity contribution is -0.141. The standard InChI is InChI=1S/C19H27N5O4S/c1-3-22-11-6-19(17(22)26)14-24(29(2,27)28)13-18(19)4-9-23(10-5-18)16(25)15-12-20-7-8-21-15/h7-8,12H,3-6,9-11,13-14H2,1-2H3/t19-/m1/s1. The molecule has 2 amide bonds. The Kier molecular flexibility index (Phi) is 4.89. The number of amides is 2. The van der Waals surface area contributed by atoms with Gasteiger partial charge >= 0.3 is 0 Å². The number of fused-ring (bicyclic) bond motifs is 1. The van der Waals surface area contributed by atoms with Gasteiger partial charge < -0.3 is 9.80 Å². The number of hydrogen-bond donors (Lipinski definition) is 0. The van der Waals surface area contributed by atoms with Crippen molar-refractivity contribution in [2.24, 2.45) is 10.8 Å². The summed E-state index contributed by atoms with van der Waals surface area (Å²) in [6.45, 7) is 4.81. The van der Waals surface area contributed by atoms with Crippen LogP contribution in [-0.2, 0) is 14.8 Å². The zero-order valence-corrected chi connectivity index (χ0v) is 17.7. The minimum absolute atomic E-state index is 0.0693. The molecule has 29 heavy (non-hydrogen) atoms. The third-order valence-corrected chi connectivity index (χ3v) is 8.28. The van der Waals surface area contributed by atoms with Crippen molar-refractivity contribution in [2.75, 3.05) is 45.5 Å². The molecule has 158 valence electrons. The molecule has 3 aliphatic heterocycles. The summed E-state index contributed by atoms with van der Waals surface area (Å²) in [6, 6.07) is 0. The highest BCUT2D eigenvalue weighted by Gasteiger charge is 2.66. The zero-order valence-electron chi connectivity index (χ0n) is 16.9. The molecule has 4 heterocycles. The second-order valence-corrected chi connectivity index (χ2v) is 10.4. The smallest absolute Gasteiger partial charge is 0.274 e. The molecule has 3 saturated heterocycles. The molecule has 2 spiro atoms. The fourth-order valence-electron chi connectivity index (χ4n) is 5.37. The molecule has 3 aliphatic rings. The summed E-state index contributed by atoms with van der Waals surface area (Å²) in [5, 5.41) is 0. The normalized spacial score (nSPS) is 27.3. The first-order chi connectivity index (χ1) is 13.7. The van der Waals surface area contributed by atoms with Crippen molar-refractivity contribution in [2.45, 2.75) is 26.2 Å². The first-order valence-corrected chi connectivity index (χ1v) is 11.9. The highest BCUT2D eigenvalue weighted by molar-refractivity contribution is 7.88. The van der Waals surface area contributed by atoms with Crippen molar-refractivity contribution in [3.05, 3.63) is 24.3 Å². The molecule has 0 radical (unpaired) electrons. The van der Waals surface area contributed by atoms with Gasteiger partial charge in [-0.05, 0) is 26.2 Å². The Labute approximate surface area is 171 Å². The zero-order chi connectivity index (χ0) is 20.9. The molecule has 0 unspecified atom stereocenters. The number of aromatic nitrogens is 2. The number of hydrogen-bond acceptors (Lipinski definition) is 6. The molecule has 1 atom stereocenters. The Bertz CT molecular complexity index is 914. The second-order valence-electron chi connectivity index (χ2n) is 8.41. The quantitative estimate of drug-likeness (QED) is 0.691. The largest absolute Gasteiger partial charge is 0.342 e. The molecule has 0 aromatic carbocycles. The molecule has 4 rings (SSSR count). The number of rotatable bonds is 3. The topological polar surface area (TPSA) is 104 Å². The van der Waals surface area contributed by atoms with E-state index in [9.17, 15) is 18.0 Å². The van der Waals surface area contributed by atoms with Gasteiger partial charge in [0.05, 0.1) is 17.9 Å². The summed E-state index contributed by atoms with van der Waals surface area (Å²) in [5.74, 6) is -0.104. The van der Waals surface area contributed by atoms with E-state index in [0.29, 0.717) is 57.7 Å². The van der Waals surface area contributed by atoms with Gasteiger partial charge in [-0.25, -0.2) is 17.7 Å². The SMILES string of the molecule is CCN1CC[C@@]2(CN(S(C)(=O)=O)CC23CCN(C(=O)c2cnccn2)CC3)C1=O. The Hall–Kier alpha value is -2.07. The van der Waals surface area contributed by atoms with Gasteiger partial charge in [-0.1, -0.05) is 0 Å². The van der Waals surface area contributed by atoms with E-state index < -0.39 is 20.9 Å². The van der Waals surface area contributed by atoms with Gasteiger partial charge in [0.25, 0.3) is 5.91 Å². The molecular weight excluding hydrogens is 394 g/mol. The van der Waals surface area contributed by atoms with Crippen molar-refractivity contribution in [3.63, 3.8) is 0 Å². The minimum atomic E-state index is -3.40. The van der Waals surface area contributed by atoms with E-state index in [-0.39, 0.29) is 18.4 Å². The minimum Gasteiger partial charge on any atom is -0.342 e. The van der Waals surface area contributed by atoms with Crippen LogP contribution in [0, 0.1) is 10.8 Å². The molecule has 1 aromatic rings. The second kappa shape index (κ2) is 7.02. The van der Waals surface area contributed by atoms with Crippen LogP contribution < -0.4 is 0 Å². The van der Waals surface area contributed by atoms with Crippen LogP contribution in [0.5, 0.6) is 0 Å². The highest BCUT2D eigenvalue weighted by atomic mass is 32.2. The molecule has 0 saturated carbocycles. The Morgan fingerprint density at radius 2 is 1.86 bits per heavy atom. The Morgan fingerprint density at radius 1 is 1.14 bits per heavy atom. The van der Waals surface area contributed by atoms with Crippen LogP contribution in [-0.4, -0.2) is 89.8 Å². The van der Waals surface area contributed by atoms with Gasteiger partial charge in [-0.2, -0.15) is 0 Å². The Balaban J connectivity index is 1.60. The maximum absolute atomic E-state index is 13.3. The van der Waals surface area contributed by atoms with E-state index in [1.54, 1.807) is 4.90 Å². The van der Waals surface area contributed by atoms with E-state index in [2.05, 4.69) is 9.97 Å². The molecule has 3 fully saturated rings. The molecule has 10 heteroatoms. The average molecular weight is 422 g/mol. The predicted octanol–water partition coefficient (Wildman–Crippen LogP) is 0.213. The average Bonchev–Trinajstić information content (AvgIpc) is 3.21. The van der Waals surface area contributed by atoms with E-state index in [1.165, 1.54) is 29.2 Å². The lowest BCUT2D eigenvalue weighted by Crippen LogP contribution is -2.53. The van der Waals surface area contributed by atoms with Gasteiger partial charge in [0.1, 0.15) is 5.69 Å². The van der Waals surface area contributed by atoms with Crippen molar-refractivity contribution in [1.82, 2.24) is 24.1 Å². The van der Waals surface area contributed by atoms with Crippen molar-refractivity contribution in [1.29, 1.82) is 0 Å². The third-order valence-electron chi connectivity index (χ3n) is 7.09. The van der Waals surface area contributed by atoms with Crippen LogP contribution in [0.4, 0.5) is 0 Å². The molecular formula is C19H27N5O4S. The van der Waals surface area contributed by atoms with Crippen molar-refractivity contribution < 1.29 is 18.0 Å². The van der Waals surface area contributed by atoms with E-state index >= 15 is 0 Å². The lowest BCUT2D eigenvalue weighted by Gasteiger charge is -2.46. The maximum atomic E-state index is 13.3. The first kappa shape index (κ1) is 20.2. The van der Waals surface area contributed by atoms with Gasteiger partial charge in [0.15, 0.2) is 0 Å². The number of carbonyl (C=O) groups excluding carboxylic acids is 2. The van der Waals surface area contributed by atoms with E-state index in [4.69, 9.17) is 0 Å². The summed E-state index contributed by atoms with van der Waals surface area (Å²) >= 11 is 0. The van der Waals surface area contributed by atoms with Crippen LogP contribution in [0.2, 0.25) is 0 Å². The van der Waals surface area contributed by atoms with Gasteiger partial charge in [0, 0.05) is 57.1 Å². The van der Waals surface area contributed by atoms with Crippen LogP contribution in [0.15, 0.2) is 18.6 Å². The number of carbonyl (C=O) groups is 2. The highest BCUT2D eigenvalue weighted by Crippen LogP contribution is 2.58. The fraction of sp³-hybridized carbons (Fsp3) is 0.684. The first-order valence-electron chi connectivity index (χ1n) is 10.0. The van der Waals surface area contributed by atoms with Crippen LogP contribution in [0.25, 0.3) is 0 Å². The van der Waals surface area contributed by atoms with Gasteiger partial charge in [-0.15, -0.1) is 0 Å². The fourth-order valence-corrected chi connectivity index (χ4v) is 6.31. The molecule has 1 aromatic heterocycles. The monoisotopic (exact) mass is 421 g/mol. The van der Waals surface area contributed by atoms with Gasteiger partial charge in [-0.3, -0.25) is 14.6 Å². The Morgan fingerprint density at radius 3 is 2.41 bits per heavy atom. The summed E-state index contributed by atoms with van der Waals surface area (Å²) in [6.07, 6.45) is 7.56. The van der Waals surface area contributed by atoms with Crippen LogP contribution >= 0.6 is 0 Å². The lowest BCUT2D eigenvalue weighted by atomic mass is 9.60. The summed E-state index contributed by atoms with van der Waals surface area (Å²) in [5.41, 5.74) is -0.819. The molecule has 0 N–H and O–H groups in total. The van der Waals surface area contributed by atoms with Crippen LogP contribution in [0.3, 0.4) is 0 Å². The van der Waals surface area contributed by atoms with Crippen molar-refractivity contribution in [3.8, 4) is 0 Å².